The highest BCUT2D eigenvalue weighted by molar-refractivity contribution is 6.02. The Morgan fingerprint density at radius 3 is 2.75 bits per heavy atom. The Morgan fingerprint density at radius 1 is 1.40 bits per heavy atom. The van der Waals surface area contributed by atoms with Gasteiger partial charge in [-0.3, -0.25) is 9.59 Å². The number of hydrogen-bond acceptors (Lipinski definition) is 3. The van der Waals surface area contributed by atoms with Crippen molar-refractivity contribution in [2.75, 3.05) is 11.4 Å². The molecule has 1 atom stereocenters. The van der Waals surface area contributed by atoms with E-state index in [4.69, 9.17) is 0 Å². The molecule has 0 saturated heterocycles. The van der Waals surface area contributed by atoms with E-state index in [0.29, 0.717) is 0 Å². The van der Waals surface area contributed by atoms with Gasteiger partial charge in [-0.25, -0.2) is 0 Å². The van der Waals surface area contributed by atoms with Crippen LogP contribution in [0.4, 0.5) is 5.69 Å². The quantitative estimate of drug-likeness (QED) is 0.912. The summed E-state index contributed by atoms with van der Waals surface area (Å²) in [6.45, 7) is 5.72. The second kappa shape index (κ2) is 6.18. The lowest BCUT2D eigenvalue weighted by atomic mass is 10.1. The molecule has 0 saturated carbocycles. The number of carbonyl (C=O) groups excluding carboxylic acids is 2. The minimum atomic E-state index is -0.221. The Kier molecular flexibility index (Phi) is 4.55. The molecule has 4 heteroatoms. The van der Waals surface area contributed by atoms with Crippen molar-refractivity contribution >= 4 is 17.4 Å². The largest absolute Gasteiger partial charge is 0.304 e. The summed E-state index contributed by atoms with van der Waals surface area (Å²) in [5.74, 6) is -0.00259. The number of anilines is 1. The van der Waals surface area contributed by atoms with Gasteiger partial charge in [-0.1, -0.05) is 32.0 Å². The average molecular weight is 274 g/mol. The summed E-state index contributed by atoms with van der Waals surface area (Å²) in [5.41, 5.74) is 2.01. The molecule has 4 nitrogen and oxygen atoms in total. The van der Waals surface area contributed by atoms with Gasteiger partial charge >= 0.3 is 0 Å². The van der Waals surface area contributed by atoms with Gasteiger partial charge < -0.3 is 10.2 Å². The Morgan fingerprint density at radius 2 is 2.10 bits per heavy atom. The first kappa shape index (κ1) is 14.7. The maximum Gasteiger partial charge on any atom is 0.244 e. The molecular weight excluding hydrogens is 252 g/mol. The molecule has 1 aliphatic rings. The highest BCUT2D eigenvalue weighted by atomic mass is 16.2. The second-order valence-corrected chi connectivity index (χ2v) is 5.67. The molecule has 108 valence electrons. The van der Waals surface area contributed by atoms with E-state index in [1.54, 1.807) is 4.90 Å². The molecule has 1 heterocycles. The van der Waals surface area contributed by atoms with Crippen molar-refractivity contribution in [2.24, 2.45) is 0 Å². The van der Waals surface area contributed by atoms with Crippen LogP contribution in [0.3, 0.4) is 0 Å². The van der Waals surface area contributed by atoms with Crippen molar-refractivity contribution < 1.29 is 9.59 Å². The van der Waals surface area contributed by atoms with Crippen LogP contribution in [-0.4, -0.2) is 30.3 Å². The van der Waals surface area contributed by atoms with Crippen LogP contribution in [0.1, 0.15) is 32.8 Å². The predicted octanol–water partition coefficient (Wildman–Crippen LogP) is 1.92. The monoisotopic (exact) mass is 274 g/mol. The number of nitrogens with zero attached hydrogens (tertiary/aromatic N) is 1. The highest BCUT2D eigenvalue weighted by Crippen LogP contribution is 2.27. The number of Topliss-reactive ketones (excluding diaryl/α,β-unsaturated/α-hetero) is 1. The van der Waals surface area contributed by atoms with Crippen molar-refractivity contribution in [1.82, 2.24) is 5.32 Å². The molecule has 20 heavy (non-hydrogen) atoms. The van der Waals surface area contributed by atoms with E-state index in [1.807, 2.05) is 38.1 Å². The van der Waals surface area contributed by atoms with Gasteiger partial charge in [0.1, 0.15) is 5.78 Å². The van der Waals surface area contributed by atoms with E-state index in [1.165, 1.54) is 6.92 Å². The van der Waals surface area contributed by atoms with Crippen LogP contribution in [0.5, 0.6) is 0 Å². The third-order valence-corrected chi connectivity index (χ3v) is 3.46. The molecule has 2 rings (SSSR count). The van der Waals surface area contributed by atoms with Crippen molar-refractivity contribution in [2.45, 2.75) is 45.7 Å². The second-order valence-electron chi connectivity index (χ2n) is 5.67. The van der Waals surface area contributed by atoms with Gasteiger partial charge in [0, 0.05) is 11.7 Å². The Bertz CT molecular complexity index is 511. The molecule has 0 radical (unpaired) electrons. The lowest BCUT2D eigenvalue weighted by Gasteiger charge is -2.26. The summed E-state index contributed by atoms with van der Waals surface area (Å²) >= 11 is 0. The van der Waals surface area contributed by atoms with Gasteiger partial charge in [-0.15, -0.1) is 0 Å². The molecule has 1 N–H and O–H groups in total. The minimum Gasteiger partial charge on any atom is -0.304 e. The number of aryl methyl sites for hydroxylation is 1. The van der Waals surface area contributed by atoms with Gasteiger partial charge in [0.15, 0.2) is 0 Å². The number of benzene rings is 1. The molecule has 0 aliphatic carbocycles. The first-order chi connectivity index (χ1) is 9.49. The van der Waals surface area contributed by atoms with Crippen molar-refractivity contribution in [3.05, 3.63) is 29.8 Å². The van der Waals surface area contributed by atoms with Gasteiger partial charge in [0.05, 0.1) is 12.6 Å². The number of amides is 1. The Balaban J connectivity index is 2.35. The van der Waals surface area contributed by atoms with Gasteiger partial charge in [-0.2, -0.15) is 0 Å². The van der Waals surface area contributed by atoms with E-state index in [2.05, 4.69) is 5.32 Å². The molecule has 0 aromatic heterocycles. The zero-order valence-electron chi connectivity index (χ0n) is 12.3. The van der Waals surface area contributed by atoms with Crippen LogP contribution in [0, 0.1) is 0 Å². The molecule has 1 amide bonds. The summed E-state index contributed by atoms with van der Waals surface area (Å²) in [7, 11) is 0. The van der Waals surface area contributed by atoms with E-state index >= 15 is 0 Å². The molecule has 1 aliphatic heterocycles. The van der Waals surface area contributed by atoms with Gasteiger partial charge in [0.25, 0.3) is 0 Å². The molecule has 0 bridgehead atoms. The van der Waals surface area contributed by atoms with Crippen molar-refractivity contribution in [3.8, 4) is 0 Å². The van der Waals surface area contributed by atoms with E-state index in [-0.39, 0.29) is 30.3 Å². The van der Waals surface area contributed by atoms with Crippen LogP contribution >= 0.6 is 0 Å². The maximum absolute atomic E-state index is 12.7. The number of ketones is 1. The van der Waals surface area contributed by atoms with Crippen molar-refractivity contribution in [3.63, 3.8) is 0 Å². The number of fused-ring (bicyclic) bond motifs is 1. The number of nitrogens with one attached hydrogen (secondary N) is 1. The highest BCUT2D eigenvalue weighted by Gasteiger charge is 2.30. The maximum atomic E-state index is 12.7. The lowest BCUT2D eigenvalue weighted by molar-refractivity contribution is -0.123. The molecular formula is C16H22N2O2. The smallest absolute Gasteiger partial charge is 0.244 e. The summed E-state index contributed by atoms with van der Waals surface area (Å²) in [6.07, 6.45) is 1.61. The number of rotatable bonds is 4. The normalized spacial score (nSPS) is 18.9. The van der Waals surface area contributed by atoms with Crippen LogP contribution < -0.4 is 10.2 Å². The summed E-state index contributed by atoms with van der Waals surface area (Å²) in [4.78, 5) is 25.8. The topological polar surface area (TPSA) is 49.4 Å². The first-order valence-corrected chi connectivity index (χ1v) is 7.14. The summed E-state index contributed by atoms with van der Waals surface area (Å²) in [6, 6.07) is 7.87. The standard InChI is InChI=1S/C16H22N2O2/c1-11(2)17-14-9-8-13-6-4-5-7-15(13)18(16(14)20)10-12(3)19/h4-7,11,14,17H,8-10H2,1-3H3. The lowest BCUT2D eigenvalue weighted by Crippen LogP contribution is -2.49. The predicted molar refractivity (Wildman–Crippen MR) is 79.9 cm³/mol. The van der Waals surface area contributed by atoms with E-state index < -0.39 is 0 Å². The molecule has 0 fully saturated rings. The molecule has 0 spiro atoms. The number of para-hydroxylation sites is 1. The summed E-state index contributed by atoms with van der Waals surface area (Å²) in [5, 5.41) is 3.31. The fraction of sp³-hybridized carbons (Fsp3) is 0.500. The fourth-order valence-corrected chi connectivity index (χ4v) is 2.66. The third-order valence-electron chi connectivity index (χ3n) is 3.46. The van der Waals surface area contributed by atoms with E-state index in [0.717, 1.165) is 24.1 Å². The third kappa shape index (κ3) is 3.25. The summed E-state index contributed by atoms with van der Waals surface area (Å²) < 4.78 is 0. The van der Waals surface area contributed by atoms with Crippen LogP contribution in [-0.2, 0) is 16.0 Å². The molecule has 1 aromatic carbocycles. The minimum absolute atomic E-state index is 0.00106. The fourth-order valence-electron chi connectivity index (χ4n) is 2.66. The van der Waals surface area contributed by atoms with Crippen molar-refractivity contribution in [1.29, 1.82) is 0 Å². The number of hydrogen-bond donors (Lipinski definition) is 1. The van der Waals surface area contributed by atoms with Crippen LogP contribution in [0.25, 0.3) is 0 Å². The van der Waals surface area contributed by atoms with E-state index in [9.17, 15) is 9.59 Å². The Labute approximate surface area is 120 Å². The number of carbonyl (C=O) groups is 2. The SMILES string of the molecule is CC(=O)CN1C(=O)C(NC(C)C)CCc2ccccc21. The zero-order valence-corrected chi connectivity index (χ0v) is 12.3. The van der Waals surface area contributed by atoms with Crippen LogP contribution in [0.2, 0.25) is 0 Å². The first-order valence-electron chi connectivity index (χ1n) is 7.14. The molecule has 1 aromatic rings. The van der Waals surface area contributed by atoms with Gasteiger partial charge in [0.2, 0.25) is 5.91 Å². The van der Waals surface area contributed by atoms with Crippen LogP contribution in [0.15, 0.2) is 24.3 Å². The Hall–Kier alpha value is -1.68. The zero-order chi connectivity index (χ0) is 14.7. The average Bonchev–Trinajstić information content (AvgIpc) is 2.50. The van der Waals surface area contributed by atoms with Gasteiger partial charge in [-0.05, 0) is 31.4 Å². The molecule has 1 unspecified atom stereocenters.